The maximum absolute atomic E-state index is 13.4. The molecule has 2 aliphatic rings. The molecule has 3 rings (SSSR count). The Balaban J connectivity index is 1.57. The summed E-state index contributed by atoms with van der Waals surface area (Å²) in [4.78, 5) is 29.7. The lowest BCUT2D eigenvalue weighted by Gasteiger charge is -2.22. The zero-order valence-corrected chi connectivity index (χ0v) is 14.7. The van der Waals surface area contributed by atoms with E-state index in [9.17, 15) is 14.0 Å². The fourth-order valence-electron chi connectivity index (χ4n) is 2.95. The molecule has 1 fully saturated rings. The second-order valence-electron chi connectivity index (χ2n) is 6.53. The minimum atomic E-state index is -1.19. The van der Waals surface area contributed by atoms with Crippen LogP contribution in [0, 0.1) is 5.82 Å². The molecule has 26 heavy (non-hydrogen) atoms. The van der Waals surface area contributed by atoms with Gasteiger partial charge in [-0.3, -0.25) is 4.79 Å². The number of carbonyl (C=O) groups excluding carboxylic acids is 2. The fraction of sp³-hybridized carbons (Fsp3) is 0.500. The number of oxime groups is 1. The van der Waals surface area contributed by atoms with E-state index in [1.165, 1.54) is 12.1 Å². The second kappa shape index (κ2) is 7.41. The van der Waals surface area contributed by atoms with Gasteiger partial charge in [0.15, 0.2) is 6.10 Å². The normalized spacial score (nSPS) is 27.6. The molecule has 1 saturated heterocycles. The van der Waals surface area contributed by atoms with Gasteiger partial charge in [-0.15, -0.1) is 0 Å². The molecule has 0 spiro atoms. The smallest absolute Gasteiger partial charge is 0.335 e. The highest BCUT2D eigenvalue weighted by Crippen LogP contribution is 2.28. The van der Waals surface area contributed by atoms with Crippen LogP contribution in [0.15, 0.2) is 29.4 Å². The lowest BCUT2D eigenvalue weighted by Crippen LogP contribution is -2.49. The van der Waals surface area contributed by atoms with E-state index in [-0.39, 0.29) is 37.4 Å². The second-order valence-corrected chi connectivity index (χ2v) is 6.53. The lowest BCUT2D eigenvalue weighted by molar-refractivity contribution is -0.153. The van der Waals surface area contributed by atoms with Crippen LogP contribution in [0.1, 0.15) is 32.3 Å². The highest BCUT2D eigenvalue weighted by Gasteiger charge is 2.44. The Bertz CT molecular complexity index is 738. The minimum Gasteiger partial charge on any atom is -0.464 e. The number of carbonyl (C=O) groups is 2. The molecule has 140 valence electrons. The van der Waals surface area contributed by atoms with Crippen molar-refractivity contribution in [1.82, 2.24) is 5.32 Å². The molecule has 2 heterocycles. The van der Waals surface area contributed by atoms with Crippen molar-refractivity contribution >= 4 is 17.6 Å². The van der Waals surface area contributed by atoms with E-state index in [4.69, 9.17) is 14.3 Å². The number of benzene rings is 1. The molecule has 1 N–H and O–H groups in total. The number of hydrogen-bond donors (Lipinski definition) is 1. The molecule has 0 radical (unpaired) electrons. The largest absolute Gasteiger partial charge is 0.464 e. The molecule has 1 aromatic rings. The summed E-state index contributed by atoms with van der Waals surface area (Å²) in [6.45, 7) is 3.85. The van der Waals surface area contributed by atoms with Crippen LogP contribution >= 0.6 is 0 Å². The highest BCUT2D eigenvalue weighted by atomic mass is 19.1. The molecule has 1 unspecified atom stereocenters. The van der Waals surface area contributed by atoms with Gasteiger partial charge in [0, 0.05) is 18.4 Å². The van der Waals surface area contributed by atoms with E-state index < -0.39 is 17.7 Å². The maximum atomic E-state index is 13.4. The molecule has 8 heteroatoms. The number of rotatable bonds is 5. The van der Waals surface area contributed by atoms with Gasteiger partial charge in [0.25, 0.3) is 5.91 Å². The van der Waals surface area contributed by atoms with E-state index in [1.807, 2.05) is 0 Å². The van der Waals surface area contributed by atoms with Crippen LogP contribution in [0.2, 0.25) is 0 Å². The Morgan fingerprint density at radius 2 is 2.27 bits per heavy atom. The first-order valence-corrected chi connectivity index (χ1v) is 8.51. The zero-order chi connectivity index (χ0) is 18.7. The van der Waals surface area contributed by atoms with Gasteiger partial charge in [0.2, 0.25) is 5.60 Å². The van der Waals surface area contributed by atoms with Crippen molar-refractivity contribution in [2.45, 2.75) is 44.4 Å². The summed E-state index contributed by atoms with van der Waals surface area (Å²) in [7, 11) is 0. The van der Waals surface area contributed by atoms with Crippen LogP contribution in [-0.4, -0.2) is 48.5 Å². The maximum Gasteiger partial charge on any atom is 0.335 e. The molecule has 0 aliphatic carbocycles. The van der Waals surface area contributed by atoms with Crippen LogP contribution in [0.5, 0.6) is 0 Å². The first kappa shape index (κ1) is 18.3. The third kappa shape index (κ3) is 3.85. The molecule has 0 saturated carbocycles. The Morgan fingerprint density at radius 1 is 1.46 bits per heavy atom. The topological polar surface area (TPSA) is 86.2 Å². The predicted octanol–water partition coefficient (Wildman–Crippen LogP) is 1.55. The number of nitrogens with one attached hydrogen (secondary N) is 1. The Morgan fingerprint density at radius 3 is 3.00 bits per heavy atom. The molecular weight excluding hydrogens is 343 g/mol. The van der Waals surface area contributed by atoms with Crippen molar-refractivity contribution < 1.29 is 28.3 Å². The molecule has 0 aromatic heterocycles. The van der Waals surface area contributed by atoms with Crippen molar-refractivity contribution in [3.05, 3.63) is 35.6 Å². The van der Waals surface area contributed by atoms with Crippen molar-refractivity contribution in [3.8, 4) is 0 Å². The van der Waals surface area contributed by atoms with Crippen molar-refractivity contribution in [2.75, 3.05) is 13.2 Å². The minimum absolute atomic E-state index is 0.219. The third-order valence-electron chi connectivity index (χ3n) is 4.38. The van der Waals surface area contributed by atoms with E-state index in [2.05, 4.69) is 10.5 Å². The standard InChI is InChI=1S/C18H21FN2O5/c1-3-24-16(22)15-8-13(10-25-15)20-17(23)18(2)9-14(21-26-18)11-5-4-6-12(19)7-11/h4-7,13,15H,3,8-10H2,1-2H3,(H,20,23)/t13-,15-,18?/m1/s1. The van der Waals surface area contributed by atoms with Crippen LogP contribution in [0.25, 0.3) is 0 Å². The first-order chi connectivity index (χ1) is 12.4. The first-order valence-electron chi connectivity index (χ1n) is 8.51. The van der Waals surface area contributed by atoms with Gasteiger partial charge in [-0.05, 0) is 26.0 Å². The SMILES string of the molecule is CCOC(=O)[C@H]1C[C@@H](NC(=O)C2(C)CC(c3cccc(F)c3)=NO2)CO1. The summed E-state index contributed by atoms with van der Waals surface area (Å²) >= 11 is 0. The molecule has 3 atom stereocenters. The van der Waals surface area contributed by atoms with Gasteiger partial charge < -0.3 is 19.6 Å². The van der Waals surface area contributed by atoms with E-state index in [0.717, 1.165) is 0 Å². The summed E-state index contributed by atoms with van der Waals surface area (Å²) < 4.78 is 23.7. The van der Waals surface area contributed by atoms with Crippen molar-refractivity contribution in [3.63, 3.8) is 0 Å². The number of ether oxygens (including phenoxy) is 2. The summed E-state index contributed by atoms with van der Waals surface area (Å²) in [5, 5.41) is 6.77. The number of hydrogen-bond acceptors (Lipinski definition) is 6. The third-order valence-corrected chi connectivity index (χ3v) is 4.38. The zero-order valence-electron chi connectivity index (χ0n) is 14.7. The van der Waals surface area contributed by atoms with Crippen LogP contribution in [0.3, 0.4) is 0 Å². The van der Waals surface area contributed by atoms with Gasteiger partial charge in [-0.2, -0.15) is 0 Å². The monoisotopic (exact) mass is 364 g/mol. The van der Waals surface area contributed by atoms with Gasteiger partial charge in [0.1, 0.15) is 5.82 Å². The van der Waals surface area contributed by atoms with Gasteiger partial charge >= 0.3 is 5.97 Å². The quantitative estimate of drug-likeness (QED) is 0.801. The number of esters is 1. The molecule has 2 aliphatic heterocycles. The Hall–Kier alpha value is -2.48. The molecular formula is C18H21FN2O5. The van der Waals surface area contributed by atoms with E-state index >= 15 is 0 Å². The van der Waals surface area contributed by atoms with Crippen LogP contribution < -0.4 is 5.32 Å². The Labute approximate surface area is 150 Å². The van der Waals surface area contributed by atoms with E-state index in [1.54, 1.807) is 26.0 Å². The van der Waals surface area contributed by atoms with Crippen LogP contribution in [-0.2, 0) is 23.9 Å². The number of halogens is 1. The van der Waals surface area contributed by atoms with Gasteiger partial charge in [0.05, 0.1) is 25.0 Å². The van der Waals surface area contributed by atoms with Crippen molar-refractivity contribution in [2.24, 2.45) is 5.16 Å². The molecule has 0 bridgehead atoms. The van der Waals surface area contributed by atoms with Crippen molar-refractivity contribution in [1.29, 1.82) is 0 Å². The lowest BCUT2D eigenvalue weighted by atomic mass is 9.94. The summed E-state index contributed by atoms with van der Waals surface area (Å²) in [5.74, 6) is -1.16. The summed E-state index contributed by atoms with van der Waals surface area (Å²) in [6, 6.07) is 5.67. The van der Waals surface area contributed by atoms with Crippen LogP contribution in [0.4, 0.5) is 4.39 Å². The molecule has 7 nitrogen and oxygen atoms in total. The average Bonchev–Trinajstić information content (AvgIpc) is 3.23. The highest BCUT2D eigenvalue weighted by molar-refractivity contribution is 6.05. The summed E-state index contributed by atoms with van der Waals surface area (Å²) in [6.07, 6.45) is -0.105. The van der Waals surface area contributed by atoms with Gasteiger partial charge in [-0.25, -0.2) is 9.18 Å². The average molecular weight is 364 g/mol. The summed E-state index contributed by atoms with van der Waals surface area (Å²) in [5.41, 5.74) is -0.105. The van der Waals surface area contributed by atoms with Gasteiger partial charge in [-0.1, -0.05) is 17.3 Å². The Kier molecular flexibility index (Phi) is 5.22. The molecule has 1 amide bonds. The number of nitrogens with zero attached hydrogens (tertiary/aromatic N) is 1. The van der Waals surface area contributed by atoms with E-state index in [0.29, 0.717) is 17.7 Å². The fourth-order valence-corrected chi connectivity index (χ4v) is 2.95. The molecule has 1 aromatic carbocycles. The predicted molar refractivity (Wildman–Crippen MR) is 90.0 cm³/mol. The number of amides is 1.